The number of amides is 1. The molecule has 0 bridgehead atoms. The Morgan fingerprint density at radius 3 is 2.89 bits per heavy atom. The van der Waals surface area contributed by atoms with Crippen LogP contribution in [0.4, 0.5) is 0 Å². The Morgan fingerprint density at radius 1 is 1.53 bits per heavy atom. The van der Waals surface area contributed by atoms with Gasteiger partial charge < -0.3 is 10.6 Å². The Hall–Kier alpha value is -0.960. The van der Waals surface area contributed by atoms with Crippen molar-refractivity contribution >= 4 is 27.3 Å². The summed E-state index contributed by atoms with van der Waals surface area (Å²) in [5.41, 5.74) is 0. The van der Waals surface area contributed by atoms with E-state index in [1.807, 2.05) is 0 Å². The topological polar surface area (TPSA) is 101 Å². The normalized spacial score (nSPS) is 20.2. The van der Waals surface area contributed by atoms with Gasteiger partial charge in [-0.15, -0.1) is 11.3 Å². The van der Waals surface area contributed by atoms with Crippen molar-refractivity contribution in [2.45, 2.75) is 23.6 Å². The van der Waals surface area contributed by atoms with Gasteiger partial charge in [0.25, 0.3) is 0 Å². The SMILES string of the molecule is NS(=O)(=O)c1ccc(CNC(=O)C2CCCNC2)s1. The van der Waals surface area contributed by atoms with Gasteiger partial charge in [-0.3, -0.25) is 4.79 Å². The summed E-state index contributed by atoms with van der Waals surface area (Å²) in [5.74, 6) is 0.0178. The Kier molecular flexibility index (Phi) is 4.56. The molecule has 106 valence electrons. The van der Waals surface area contributed by atoms with Gasteiger partial charge in [0.1, 0.15) is 4.21 Å². The largest absolute Gasteiger partial charge is 0.351 e. The summed E-state index contributed by atoms with van der Waals surface area (Å²) >= 11 is 1.09. The first-order chi connectivity index (χ1) is 8.97. The maximum absolute atomic E-state index is 11.9. The van der Waals surface area contributed by atoms with E-state index in [4.69, 9.17) is 5.14 Å². The van der Waals surface area contributed by atoms with Gasteiger partial charge in [0, 0.05) is 11.4 Å². The molecule has 2 heterocycles. The number of sulfonamides is 1. The average molecular weight is 303 g/mol. The fraction of sp³-hybridized carbons (Fsp3) is 0.545. The van der Waals surface area contributed by atoms with E-state index < -0.39 is 10.0 Å². The molecule has 0 spiro atoms. The van der Waals surface area contributed by atoms with E-state index in [1.165, 1.54) is 6.07 Å². The zero-order valence-corrected chi connectivity index (χ0v) is 12.0. The number of piperidine rings is 1. The van der Waals surface area contributed by atoms with Crippen molar-refractivity contribution in [1.82, 2.24) is 10.6 Å². The lowest BCUT2D eigenvalue weighted by Gasteiger charge is -2.21. The molecule has 2 rings (SSSR count). The maximum atomic E-state index is 11.9. The number of hydrogen-bond acceptors (Lipinski definition) is 5. The van der Waals surface area contributed by atoms with Crippen molar-refractivity contribution in [3.63, 3.8) is 0 Å². The van der Waals surface area contributed by atoms with Crippen LogP contribution < -0.4 is 15.8 Å². The third kappa shape index (κ3) is 4.00. The third-order valence-electron chi connectivity index (χ3n) is 3.02. The molecule has 1 aliphatic heterocycles. The van der Waals surface area contributed by atoms with Crippen LogP contribution in [0, 0.1) is 5.92 Å². The predicted molar refractivity (Wildman–Crippen MR) is 73.1 cm³/mol. The number of rotatable bonds is 4. The number of carbonyl (C=O) groups is 1. The predicted octanol–water partition coefficient (Wildman–Crippen LogP) is 0.0113. The standard InChI is InChI=1S/C11H17N3O3S2/c12-19(16,17)10-4-3-9(18-10)7-14-11(15)8-2-1-5-13-6-8/h3-4,8,13H,1-2,5-7H2,(H,14,15)(H2,12,16,17). The molecule has 6 nitrogen and oxygen atoms in total. The molecule has 1 unspecified atom stereocenters. The van der Waals surface area contributed by atoms with Crippen LogP contribution in [0.15, 0.2) is 16.3 Å². The number of nitrogens with one attached hydrogen (secondary N) is 2. The van der Waals surface area contributed by atoms with Crippen molar-refractivity contribution in [1.29, 1.82) is 0 Å². The summed E-state index contributed by atoms with van der Waals surface area (Å²) in [4.78, 5) is 12.7. The zero-order chi connectivity index (χ0) is 13.9. The molecule has 1 fully saturated rings. The van der Waals surface area contributed by atoms with Gasteiger partial charge in [0.15, 0.2) is 0 Å². The van der Waals surface area contributed by atoms with E-state index in [1.54, 1.807) is 6.07 Å². The summed E-state index contributed by atoms with van der Waals surface area (Å²) in [6, 6.07) is 3.13. The highest BCUT2D eigenvalue weighted by Gasteiger charge is 2.20. The molecular formula is C11H17N3O3S2. The van der Waals surface area contributed by atoms with E-state index in [-0.39, 0.29) is 16.0 Å². The Bertz CT molecular complexity index is 547. The molecule has 0 aromatic carbocycles. The van der Waals surface area contributed by atoms with E-state index in [0.29, 0.717) is 13.1 Å². The van der Waals surface area contributed by atoms with Gasteiger partial charge in [0.2, 0.25) is 15.9 Å². The van der Waals surface area contributed by atoms with E-state index in [2.05, 4.69) is 10.6 Å². The van der Waals surface area contributed by atoms with Crippen LogP contribution in [-0.2, 0) is 21.4 Å². The van der Waals surface area contributed by atoms with Gasteiger partial charge in [0.05, 0.1) is 12.5 Å². The van der Waals surface area contributed by atoms with Gasteiger partial charge in [-0.05, 0) is 31.5 Å². The lowest BCUT2D eigenvalue weighted by Crippen LogP contribution is -2.40. The molecule has 8 heteroatoms. The minimum Gasteiger partial charge on any atom is -0.351 e. The lowest BCUT2D eigenvalue weighted by atomic mass is 9.99. The van der Waals surface area contributed by atoms with Crippen LogP contribution in [0.5, 0.6) is 0 Å². The second-order valence-electron chi connectivity index (χ2n) is 4.53. The number of nitrogens with two attached hydrogens (primary N) is 1. The summed E-state index contributed by atoms with van der Waals surface area (Å²) < 4.78 is 22.4. The highest BCUT2D eigenvalue weighted by molar-refractivity contribution is 7.91. The Morgan fingerprint density at radius 2 is 2.32 bits per heavy atom. The maximum Gasteiger partial charge on any atom is 0.247 e. The van der Waals surface area contributed by atoms with Gasteiger partial charge in [-0.1, -0.05) is 0 Å². The quantitative estimate of drug-likeness (QED) is 0.729. The molecule has 1 aromatic heterocycles. The van der Waals surface area contributed by atoms with Crippen molar-refractivity contribution in [2.75, 3.05) is 13.1 Å². The highest BCUT2D eigenvalue weighted by atomic mass is 32.2. The van der Waals surface area contributed by atoms with Gasteiger partial charge >= 0.3 is 0 Å². The summed E-state index contributed by atoms with van der Waals surface area (Å²) in [5, 5.41) is 11.0. The molecule has 0 aliphatic carbocycles. The smallest absolute Gasteiger partial charge is 0.247 e. The fourth-order valence-electron chi connectivity index (χ4n) is 2.00. The molecule has 4 N–H and O–H groups in total. The van der Waals surface area contributed by atoms with Crippen molar-refractivity contribution in [2.24, 2.45) is 11.1 Å². The van der Waals surface area contributed by atoms with Crippen LogP contribution in [-0.4, -0.2) is 27.4 Å². The molecule has 19 heavy (non-hydrogen) atoms. The summed E-state index contributed by atoms with van der Waals surface area (Å²) in [6.45, 7) is 2.01. The number of hydrogen-bond donors (Lipinski definition) is 3. The van der Waals surface area contributed by atoms with Crippen LogP contribution in [0.2, 0.25) is 0 Å². The molecular weight excluding hydrogens is 286 g/mol. The number of primary sulfonamides is 1. The molecule has 1 saturated heterocycles. The summed E-state index contributed by atoms with van der Waals surface area (Å²) in [6.07, 6.45) is 1.90. The zero-order valence-electron chi connectivity index (χ0n) is 10.4. The van der Waals surface area contributed by atoms with E-state index in [0.717, 1.165) is 35.6 Å². The number of thiophene rings is 1. The van der Waals surface area contributed by atoms with Gasteiger partial charge in [-0.2, -0.15) is 0 Å². The second kappa shape index (κ2) is 6.00. The lowest BCUT2D eigenvalue weighted by molar-refractivity contribution is -0.125. The van der Waals surface area contributed by atoms with Crippen LogP contribution in [0.3, 0.4) is 0 Å². The van der Waals surface area contributed by atoms with Crippen LogP contribution >= 0.6 is 11.3 Å². The van der Waals surface area contributed by atoms with E-state index >= 15 is 0 Å². The third-order valence-corrected chi connectivity index (χ3v) is 5.55. The monoisotopic (exact) mass is 303 g/mol. The minimum atomic E-state index is -3.65. The number of carbonyl (C=O) groups excluding carboxylic acids is 1. The fourth-order valence-corrected chi connectivity index (χ4v) is 3.72. The molecule has 0 saturated carbocycles. The van der Waals surface area contributed by atoms with Crippen LogP contribution in [0.1, 0.15) is 17.7 Å². The van der Waals surface area contributed by atoms with Crippen molar-refractivity contribution in [3.8, 4) is 0 Å². The molecule has 0 radical (unpaired) electrons. The summed E-state index contributed by atoms with van der Waals surface area (Å²) in [7, 11) is -3.65. The molecule has 1 aliphatic rings. The minimum absolute atomic E-state index is 0.00595. The van der Waals surface area contributed by atoms with Crippen LogP contribution in [0.25, 0.3) is 0 Å². The van der Waals surface area contributed by atoms with Gasteiger partial charge in [-0.25, -0.2) is 13.6 Å². The second-order valence-corrected chi connectivity index (χ2v) is 7.48. The van der Waals surface area contributed by atoms with E-state index in [9.17, 15) is 13.2 Å². The molecule has 1 atom stereocenters. The highest BCUT2D eigenvalue weighted by Crippen LogP contribution is 2.20. The first-order valence-corrected chi connectivity index (χ1v) is 8.43. The molecule has 1 amide bonds. The first kappa shape index (κ1) is 14.4. The Labute approximate surface area is 116 Å². The average Bonchev–Trinajstić information content (AvgIpc) is 2.86. The first-order valence-electron chi connectivity index (χ1n) is 6.07. The van der Waals surface area contributed by atoms with Crippen molar-refractivity contribution in [3.05, 3.63) is 17.0 Å². The van der Waals surface area contributed by atoms with Crippen molar-refractivity contribution < 1.29 is 13.2 Å². The molecule has 1 aromatic rings. The Balaban J connectivity index is 1.88.